The number of aliphatic carboxylic acids is 1. The van der Waals surface area contributed by atoms with Crippen LogP contribution in [-0.4, -0.2) is 25.8 Å². The molecule has 0 spiro atoms. The molecule has 0 unspecified atom stereocenters. The maximum absolute atomic E-state index is 11.4. The van der Waals surface area contributed by atoms with Gasteiger partial charge in [0.1, 0.15) is 9.77 Å². The van der Waals surface area contributed by atoms with Gasteiger partial charge in [-0.3, -0.25) is 9.78 Å². The Morgan fingerprint density at radius 1 is 1.38 bits per heavy atom. The van der Waals surface area contributed by atoms with E-state index < -0.39 is 10.7 Å². The lowest BCUT2D eigenvalue weighted by molar-refractivity contribution is -0.138. The molecule has 2 aromatic rings. The first kappa shape index (κ1) is 17.9. The van der Waals surface area contributed by atoms with E-state index in [1.165, 1.54) is 11.8 Å². The number of carboxylic acid groups (broad SMARTS) is 1. The highest BCUT2D eigenvalue weighted by atomic mass is 32.2. The Morgan fingerprint density at radius 2 is 2.12 bits per heavy atom. The number of aromatic nitrogens is 2. The van der Waals surface area contributed by atoms with Crippen LogP contribution in [0.2, 0.25) is 0 Å². The number of thioether (sulfide) groups is 1. The van der Waals surface area contributed by atoms with Crippen molar-refractivity contribution in [2.75, 3.05) is 0 Å². The Kier molecular flexibility index (Phi) is 5.57. The summed E-state index contributed by atoms with van der Waals surface area (Å²) in [6.45, 7) is 9.07. The fraction of sp³-hybridized carbons (Fsp3) is 0.211. The van der Waals surface area contributed by atoms with Crippen molar-refractivity contribution >= 4 is 29.9 Å². The van der Waals surface area contributed by atoms with E-state index >= 15 is 0 Å². The average molecular weight is 340 g/mol. The molecule has 0 atom stereocenters. The third kappa shape index (κ3) is 3.92. The molecule has 0 saturated heterocycles. The van der Waals surface area contributed by atoms with Crippen LogP contribution in [-0.2, 0) is 4.79 Å². The van der Waals surface area contributed by atoms with Crippen molar-refractivity contribution in [2.24, 2.45) is 0 Å². The van der Waals surface area contributed by atoms with Crippen LogP contribution in [0.1, 0.15) is 32.0 Å². The largest absolute Gasteiger partial charge is 0.480 e. The van der Waals surface area contributed by atoms with E-state index in [1.807, 2.05) is 37.3 Å². The number of pyridine rings is 2. The summed E-state index contributed by atoms with van der Waals surface area (Å²) in [7, 11) is 0. The summed E-state index contributed by atoms with van der Waals surface area (Å²) in [5, 5.41) is 10.0. The number of nitrogens with zero attached hydrogens (tertiary/aromatic N) is 2. The maximum atomic E-state index is 11.4. The van der Waals surface area contributed by atoms with Gasteiger partial charge in [0, 0.05) is 29.1 Å². The second-order valence-corrected chi connectivity index (χ2v) is 7.29. The minimum absolute atomic E-state index is 0.671. The monoisotopic (exact) mass is 340 g/mol. The van der Waals surface area contributed by atoms with Crippen LogP contribution in [0.4, 0.5) is 0 Å². The van der Waals surface area contributed by atoms with Crippen LogP contribution in [0.3, 0.4) is 0 Å². The smallest absolute Gasteiger partial charge is 0.319 e. The Labute approximate surface area is 146 Å². The number of carbonyl (C=O) groups is 1. The molecule has 0 saturated carbocycles. The molecule has 0 bridgehead atoms. The summed E-state index contributed by atoms with van der Waals surface area (Å²) in [5.74, 6) is -0.876. The number of hydrogen-bond acceptors (Lipinski definition) is 4. The predicted octanol–water partition coefficient (Wildman–Crippen LogP) is 4.78. The summed E-state index contributed by atoms with van der Waals surface area (Å²) in [6, 6.07) is 5.78. The van der Waals surface area contributed by atoms with Crippen molar-refractivity contribution in [3.8, 4) is 11.1 Å². The quantitative estimate of drug-likeness (QED) is 0.767. The highest BCUT2D eigenvalue weighted by Crippen LogP contribution is 2.37. The zero-order valence-corrected chi connectivity index (χ0v) is 14.8. The molecule has 0 aliphatic heterocycles. The lowest BCUT2D eigenvalue weighted by Gasteiger charge is -2.19. The van der Waals surface area contributed by atoms with Gasteiger partial charge in [0.15, 0.2) is 0 Å². The molecule has 5 heteroatoms. The van der Waals surface area contributed by atoms with E-state index in [1.54, 1.807) is 32.3 Å². The summed E-state index contributed by atoms with van der Waals surface area (Å²) in [5.41, 5.74) is 3.53. The lowest BCUT2D eigenvalue weighted by Crippen LogP contribution is -2.27. The Balaban J connectivity index is 2.52. The molecule has 0 radical (unpaired) electrons. The zero-order chi connectivity index (χ0) is 17.7. The molecule has 24 heavy (non-hydrogen) atoms. The second-order valence-electron chi connectivity index (χ2n) is 5.68. The first-order chi connectivity index (χ1) is 11.4. The van der Waals surface area contributed by atoms with Crippen molar-refractivity contribution in [2.45, 2.75) is 30.5 Å². The predicted molar refractivity (Wildman–Crippen MR) is 99.8 cm³/mol. The normalized spacial score (nSPS) is 11.6. The molecule has 124 valence electrons. The topological polar surface area (TPSA) is 63.1 Å². The van der Waals surface area contributed by atoms with Gasteiger partial charge in [-0.05, 0) is 39.0 Å². The molecule has 2 rings (SSSR count). The highest BCUT2D eigenvalue weighted by Gasteiger charge is 2.30. The van der Waals surface area contributed by atoms with Crippen molar-refractivity contribution < 1.29 is 9.90 Å². The summed E-state index contributed by atoms with van der Waals surface area (Å²) in [4.78, 5) is 20.2. The van der Waals surface area contributed by atoms with Gasteiger partial charge in [-0.2, -0.15) is 0 Å². The standard InChI is InChI=1S/C19H20N2O2S/c1-5-8-13-11-14(12-21-16(13)6-2)15-9-7-10-20-17(15)24-19(3,4)18(22)23/h5-12H,2H2,1,3-4H3,(H,22,23)/b8-5-. The van der Waals surface area contributed by atoms with Crippen LogP contribution in [0.25, 0.3) is 23.3 Å². The molecule has 1 N–H and O–H groups in total. The van der Waals surface area contributed by atoms with Crippen LogP contribution >= 0.6 is 11.8 Å². The van der Waals surface area contributed by atoms with Crippen LogP contribution < -0.4 is 0 Å². The molecule has 4 nitrogen and oxygen atoms in total. The Hall–Kier alpha value is -2.40. The molecule has 0 amide bonds. The van der Waals surface area contributed by atoms with Crippen molar-refractivity contribution in [3.63, 3.8) is 0 Å². The third-order valence-electron chi connectivity index (χ3n) is 3.44. The lowest BCUT2D eigenvalue weighted by atomic mass is 10.1. The van der Waals surface area contributed by atoms with Crippen LogP contribution in [0.5, 0.6) is 0 Å². The van der Waals surface area contributed by atoms with Gasteiger partial charge in [-0.25, -0.2) is 4.98 Å². The van der Waals surface area contributed by atoms with Gasteiger partial charge < -0.3 is 5.11 Å². The van der Waals surface area contributed by atoms with Gasteiger partial charge in [0.05, 0.1) is 5.69 Å². The zero-order valence-electron chi connectivity index (χ0n) is 14.0. The van der Waals surface area contributed by atoms with Crippen molar-refractivity contribution in [3.05, 3.63) is 54.5 Å². The van der Waals surface area contributed by atoms with Gasteiger partial charge in [-0.15, -0.1) is 0 Å². The van der Waals surface area contributed by atoms with Crippen LogP contribution in [0, 0.1) is 0 Å². The van der Waals surface area contributed by atoms with E-state index in [9.17, 15) is 9.90 Å². The summed E-state index contributed by atoms with van der Waals surface area (Å²) in [6.07, 6.45) is 9.06. The number of rotatable bonds is 6. The SMILES string of the molecule is C=Cc1ncc(-c2cccnc2SC(C)(C)C(=O)O)cc1/C=C\C. The number of allylic oxidation sites excluding steroid dienone is 1. The molecule has 0 aliphatic rings. The second kappa shape index (κ2) is 7.45. The molecule has 0 aliphatic carbocycles. The van der Waals surface area contributed by atoms with Gasteiger partial charge in [0.25, 0.3) is 0 Å². The number of hydrogen-bond donors (Lipinski definition) is 1. The van der Waals surface area contributed by atoms with E-state index in [2.05, 4.69) is 16.5 Å². The minimum atomic E-state index is -0.969. The van der Waals surface area contributed by atoms with E-state index in [-0.39, 0.29) is 0 Å². The number of carboxylic acids is 1. The molecule has 2 heterocycles. The minimum Gasteiger partial charge on any atom is -0.480 e. The molecule has 2 aromatic heterocycles. The van der Waals surface area contributed by atoms with Gasteiger partial charge >= 0.3 is 5.97 Å². The Bertz CT molecular complexity index is 798. The van der Waals surface area contributed by atoms with Gasteiger partial charge in [0.2, 0.25) is 0 Å². The van der Waals surface area contributed by atoms with E-state index in [4.69, 9.17) is 0 Å². The van der Waals surface area contributed by atoms with E-state index in [0.717, 1.165) is 22.4 Å². The third-order valence-corrected chi connectivity index (χ3v) is 4.64. The molecular formula is C19H20N2O2S. The fourth-order valence-corrected chi connectivity index (χ4v) is 3.08. The molecule has 0 fully saturated rings. The Morgan fingerprint density at radius 3 is 2.75 bits per heavy atom. The van der Waals surface area contributed by atoms with Gasteiger partial charge in [-0.1, -0.05) is 36.6 Å². The highest BCUT2D eigenvalue weighted by molar-refractivity contribution is 8.01. The summed E-state index contributed by atoms with van der Waals surface area (Å²) < 4.78 is -0.969. The maximum Gasteiger partial charge on any atom is 0.319 e. The summed E-state index contributed by atoms with van der Waals surface area (Å²) >= 11 is 1.23. The van der Waals surface area contributed by atoms with Crippen molar-refractivity contribution in [1.29, 1.82) is 0 Å². The van der Waals surface area contributed by atoms with E-state index in [0.29, 0.717) is 5.03 Å². The molecular weight excluding hydrogens is 320 g/mol. The molecule has 0 aromatic carbocycles. The average Bonchev–Trinajstić information content (AvgIpc) is 2.55. The fourth-order valence-electron chi connectivity index (χ4n) is 2.10. The first-order valence-electron chi connectivity index (χ1n) is 7.52. The first-order valence-corrected chi connectivity index (χ1v) is 8.33. The van der Waals surface area contributed by atoms with Crippen LogP contribution in [0.15, 0.2) is 48.3 Å². The van der Waals surface area contributed by atoms with Crippen molar-refractivity contribution in [1.82, 2.24) is 9.97 Å².